The van der Waals surface area contributed by atoms with Crippen molar-refractivity contribution >= 4 is 28.5 Å². The largest absolute Gasteiger partial charge is 0.496 e. The van der Waals surface area contributed by atoms with Crippen molar-refractivity contribution in [1.82, 2.24) is 4.98 Å². The summed E-state index contributed by atoms with van der Waals surface area (Å²) >= 11 is 5.86. The molecule has 0 N–H and O–H groups in total. The standard InChI is InChI=1S/C12H10ClNO3/c1-16-10-6-11(13)14-9-5-7(12(15)17-2)3-4-8(9)10/h3-6H,1-2H3. The number of hydrogen-bond donors (Lipinski definition) is 0. The Kier molecular flexibility index (Phi) is 3.15. The second-order valence-electron chi connectivity index (χ2n) is 3.37. The molecule has 4 nitrogen and oxygen atoms in total. The number of hydrogen-bond acceptors (Lipinski definition) is 4. The van der Waals surface area contributed by atoms with Gasteiger partial charge in [0.05, 0.1) is 25.3 Å². The van der Waals surface area contributed by atoms with Gasteiger partial charge in [-0.3, -0.25) is 0 Å². The Bertz CT molecular complexity index is 583. The summed E-state index contributed by atoms with van der Waals surface area (Å²) in [6, 6.07) is 6.66. The maximum absolute atomic E-state index is 11.4. The molecule has 0 saturated heterocycles. The Labute approximate surface area is 103 Å². The van der Waals surface area contributed by atoms with Gasteiger partial charge in [0.2, 0.25) is 0 Å². The minimum Gasteiger partial charge on any atom is -0.496 e. The average molecular weight is 252 g/mol. The SMILES string of the molecule is COC(=O)c1ccc2c(OC)cc(Cl)nc2c1. The van der Waals surface area contributed by atoms with Gasteiger partial charge in [-0.2, -0.15) is 0 Å². The molecule has 1 heterocycles. The van der Waals surface area contributed by atoms with E-state index in [1.807, 2.05) is 0 Å². The fraction of sp³-hybridized carbons (Fsp3) is 0.167. The predicted octanol–water partition coefficient (Wildman–Crippen LogP) is 2.68. The van der Waals surface area contributed by atoms with Crippen molar-refractivity contribution in [2.75, 3.05) is 14.2 Å². The summed E-state index contributed by atoms with van der Waals surface area (Å²) in [5, 5.41) is 1.11. The predicted molar refractivity (Wildman–Crippen MR) is 64.6 cm³/mol. The van der Waals surface area contributed by atoms with Crippen LogP contribution in [0.25, 0.3) is 10.9 Å². The zero-order valence-corrected chi connectivity index (χ0v) is 10.1. The highest BCUT2D eigenvalue weighted by Crippen LogP contribution is 2.27. The van der Waals surface area contributed by atoms with Crippen LogP contribution in [0.3, 0.4) is 0 Å². The summed E-state index contributed by atoms with van der Waals surface area (Å²) in [7, 11) is 2.89. The number of aromatic nitrogens is 1. The van der Waals surface area contributed by atoms with Crippen molar-refractivity contribution in [1.29, 1.82) is 0 Å². The molecule has 2 rings (SSSR count). The minimum absolute atomic E-state index is 0.316. The summed E-state index contributed by atoms with van der Waals surface area (Å²) in [5.74, 6) is 0.212. The Morgan fingerprint density at radius 2 is 2.06 bits per heavy atom. The van der Waals surface area contributed by atoms with Gasteiger partial charge < -0.3 is 9.47 Å². The van der Waals surface area contributed by atoms with E-state index in [0.29, 0.717) is 22.0 Å². The molecule has 0 spiro atoms. The molecule has 0 fully saturated rings. The van der Waals surface area contributed by atoms with Gasteiger partial charge >= 0.3 is 5.97 Å². The van der Waals surface area contributed by atoms with Crippen molar-refractivity contribution < 1.29 is 14.3 Å². The van der Waals surface area contributed by atoms with E-state index in [1.54, 1.807) is 31.4 Å². The Hall–Kier alpha value is -1.81. The van der Waals surface area contributed by atoms with E-state index in [0.717, 1.165) is 5.39 Å². The number of fused-ring (bicyclic) bond motifs is 1. The van der Waals surface area contributed by atoms with Gasteiger partial charge in [0, 0.05) is 11.5 Å². The van der Waals surface area contributed by atoms with Gasteiger partial charge in [-0.1, -0.05) is 11.6 Å². The molecule has 88 valence electrons. The Morgan fingerprint density at radius 1 is 1.29 bits per heavy atom. The first-order valence-electron chi connectivity index (χ1n) is 4.88. The van der Waals surface area contributed by atoms with Crippen LogP contribution >= 0.6 is 11.6 Å². The smallest absolute Gasteiger partial charge is 0.337 e. The molecular weight excluding hydrogens is 242 g/mol. The highest BCUT2D eigenvalue weighted by Gasteiger charge is 2.10. The quantitative estimate of drug-likeness (QED) is 0.608. The van der Waals surface area contributed by atoms with Crippen LogP contribution in [0.15, 0.2) is 24.3 Å². The van der Waals surface area contributed by atoms with E-state index >= 15 is 0 Å². The van der Waals surface area contributed by atoms with Crippen molar-refractivity contribution in [3.05, 3.63) is 35.0 Å². The molecule has 17 heavy (non-hydrogen) atoms. The first-order valence-corrected chi connectivity index (χ1v) is 5.26. The summed E-state index contributed by atoms with van der Waals surface area (Å²) < 4.78 is 9.84. The normalized spacial score (nSPS) is 10.3. The van der Waals surface area contributed by atoms with E-state index in [9.17, 15) is 4.79 Å². The fourth-order valence-corrected chi connectivity index (χ4v) is 1.77. The van der Waals surface area contributed by atoms with Crippen molar-refractivity contribution in [2.45, 2.75) is 0 Å². The molecule has 0 aliphatic rings. The lowest BCUT2D eigenvalue weighted by atomic mass is 10.1. The van der Waals surface area contributed by atoms with Crippen LogP contribution in [0.2, 0.25) is 5.15 Å². The molecule has 2 aromatic rings. The number of esters is 1. The number of rotatable bonds is 2. The molecule has 0 bridgehead atoms. The number of halogens is 1. The Morgan fingerprint density at radius 3 is 2.71 bits per heavy atom. The molecule has 0 atom stereocenters. The van der Waals surface area contributed by atoms with Crippen molar-refractivity contribution in [2.24, 2.45) is 0 Å². The molecule has 0 saturated carbocycles. The Balaban J connectivity index is 2.65. The molecule has 1 aromatic heterocycles. The number of methoxy groups -OCH3 is 2. The highest BCUT2D eigenvalue weighted by atomic mass is 35.5. The van der Waals surface area contributed by atoms with Crippen molar-refractivity contribution in [3.63, 3.8) is 0 Å². The van der Waals surface area contributed by atoms with Crippen LogP contribution in [-0.2, 0) is 4.74 Å². The van der Waals surface area contributed by atoms with Crippen LogP contribution in [0.1, 0.15) is 10.4 Å². The summed E-state index contributed by atoms with van der Waals surface area (Å²) in [6.45, 7) is 0. The third kappa shape index (κ3) is 2.17. The van der Waals surface area contributed by atoms with Crippen LogP contribution in [0, 0.1) is 0 Å². The third-order valence-corrected chi connectivity index (χ3v) is 2.58. The zero-order valence-electron chi connectivity index (χ0n) is 9.36. The number of pyridine rings is 1. The van der Waals surface area contributed by atoms with Gasteiger partial charge in [0.25, 0.3) is 0 Å². The third-order valence-electron chi connectivity index (χ3n) is 2.38. The lowest BCUT2D eigenvalue weighted by Gasteiger charge is -2.06. The second-order valence-corrected chi connectivity index (χ2v) is 3.76. The van der Waals surface area contributed by atoms with Crippen LogP contribution in [0.4, 0.5) is 0 Å². The number of nitrogens with zero attached hydrogens (tertiary/aromatic N) is 1. The maximum Gasteiger partial charge on any atom is 0.337 e. The molecular formula is C12H10ClNO3. The topological polar surface area (TPSA) is 48.4 Å². The summed E-state index contributed by atoms with van der Waals surface area (Å²) in [5.41, 5.74) is 1.02. The molecule has 0 aliphatic carbocycles. The number of carbonyl (C=O) groups excluding carboxylic acids is 1. The molecule has 5 heteroatoms. The van der Waals surface area contributed by atoms with E-state index in [1.165, 1.54) is 7.11 Å². The van der Waals surface area contributed by atoms with Gasteiger partial charge in [0.1, 0.15) is 10.9 Å². The first kappa shape index (κ1) is 11.7. The molecule has 0 radical (unpaired) electrons. The van der Waals surface area contributed by atoms with E-state index in [2.05, 4.69) is 9.72 Å². The lowest BCUT2D eigenvalue weighted by molar-refractivity contribution is 0.0601. The van der Waals surface area contributed by atoms with Crippen LogP contribution in [0.5, 0.6) is 5.75 Å². The highest BCUT2D eigenvalue weighted by molar-refractivity contribution is 6.30. The van der Waals surface area contributed by atoms with Gasteiger partial charge in [-0.25, -0.2) is 9.78 Å². The lowest BCUT2D eigenvalue weighted by Crippen LogP contribution is -2.01. The fourth-order valence-electron chi connectivity index (χ4n) is 1.58. The zero-order chi connectivity index (χ0) is 12.4. The van der Waals surface area contributed by atoms with Crippen LogP contribution < -0.4 is 4.74 Å². The van der Waals surface area contributed by atoms with Crippen LogP contribution in [-0.4, -0.2) is 25.2 Å². The number of benzene rings is 1. The summed E-state index contributed by atoms with van der Waals surface area (Å²) in [4.78, 5) is 15.5. The second kappa shape index (κ2) is 4.59. The van der Waals surface area contributed by atoms with E-state index in [4.69, 9.17) is 16.3 Å². The van der Waals surface area contributed by atoms with Gasteiger partial charge in [0.15, 0.2) is 0 Å². The molecule has 0 aliphatic heterocycles. The average Bonchev–Trinajstić information content (AvgIpc) is 2.35. The maximum atomic E-state index is 11.4. The first-order chi connectivity index (χ1) is 8.15. The number of ether oxygens (including phenoxy) is 2. The monoisotopic (exact) mass is 251 g/mol. The van der Waals surface area contributed by atoms with E-state index in [-0.39, 0.29) is 0 Å². The molecule has 0 unspecified atom stereocenters. The minimum atomic E-state index is -0.410. The van der Waals surface area contributed by atoms with E-state index < -0.39 is 5.97 Å². The van der Waals surface area contributed by atoms with Crippen molar-refractivity contribution in [3.8, 4) is 5.75 Å². The molecule has 0 amide bonds. The molecule has 1 aromatic carbocycles. The van der Waals surface area contributed by atoms with Gasteiger partial charge in [-0.15, -0.1) is 0 Å². The number of carbonyl (C=O) groups is 1. The summed E-state index contributed by atoms with van der Waals surface area (Å²) in [6.07, 6.45) is 0. The van der Waals surface area contributed by atoms with Gasteiger partial charge in [-0.05, 0) is 18.2 Å².